The van der Waals surface area contributed by atoms with Gasteiger partial charge in [0.25, 0.3) is 0 Å². The number of hydrogen-bond donors (Lipinski definition) is 1. The number of aliphatic hydroxyl groups is 1. The summed E-state index contributed by atoms with van der Waals surface area (Å²) in [5.74, 6) is -0.306. The van der Waals surface area contributed by atoms with Crippen LogP contribution in [0.25, 0.3) is 0 Å². The lowest BCUT2D eigenvalue weighted by Crippen LogP contribution is -2.63. The molecule has 2 saturated heterocycles. The maximum atomic E-state index is 11.4. The van der Waals surface area contributed by atoms with Crippen LogP contribution in [0.5, 0.6) is 0 Å². The molecule has 5 heteroatoms. The van der Waals surface area contributed by atoms with E-state index in [9.17, 15) is 9.90 Å². The summed E-state index contributed by atoms with van der Waals surface area (Å²) in [5, 5.41) is 11.4. The van der Waals surface area contributed by atoms with Crippen LogP contribution in [0.4, 0.5) is 0 Å². The fourth-order valence-electron chi connectivity index (χ4n) is 4.96. The first kappa shape index (κ1) is 15.3. The second-order valence-corrected chi connectivity index (χ2v) is 6.96. The highest BCUT2D eigenvalue weighted by atomic mass is 16.6. The maximum absolute atomic E-state index is 11.4. The number of carbonyl (C=O) groups excluding carboxylic acids is 1. The van der Waals surface area contributed by atoms with Gasteiger partial charge in [-0.1, -0.05) is 13.8 Å². The Labute approximate surface area is 125 Å². The molecule has 3 aliphatic rings. The van der Waals surface area contributed by atoms with Gasteiger partial charge in [0.2, 0.25) is 0 Å². The van der Waals surface area contributed by atoms with Gasteiger partial charge in [-0.3, -0.25) is 4.79 Å². The van der Waals surface area contributed by atoms with Crippen molar-refractivity contribution in [3.05, 3.63) is 0 Å². The molecule has 3 rings (SSSR count). The number of fused-ring (bicyclic) bond motifs is 4. The van der Waals surface area contributed by atoms with Crippen molar-refractivity contribution >= 4 is 5.97 Å². The second-order valence-electron chi connectivity index (χ2n) is 6.96. The van der Waals surface area contributed by atoms with Gasteiger partial charge in [-0.15, -0.1) is 0 Å². The van der Waals surface area contributed by atoms with Gasteiger partial charge in [-0.25, -0.2) is 0 Å². The molecule has 0 spiro atoms. The average Bonchev–Trinajstić information content (AvgIpc) is 2.95. The highest BCUT2D eigenvalue weighted by Gasteiger charge is 2.72. The number of hydrogen-bond acceptors (Lipinski definition) is 5. The molecule has 0 aromatic carbocycles. The Hall–Kier alpha value is -0.650. The van der Waals surface area contributed by atoms with Crippen LogP contribution in [-0.2, 0) is 19.0 Å². The van der Waals surface area contributed by atoms with Crippen molar-refractivity contribution in [3.8, 4) is 0 Å². The Morgan fingerprint density at radius 1 is 1.43 bits per heavy atom. The van der Waals surface area contributed by atoms with Crippen molar-refractivity contribution in [2.24, 2.45) is 11.3 Å². The van der Waals surface area contributed by atoms with E-state index in [1.807, 2.05) is 20.8 Å². The Balaban J connectivity index is 2.00. The Bertz CT molecular complexity index is 438. The fraction of sp³-hybridized carbons (Fsp3) is 0.938. The molecule has 0 amide bonds. The predicted octanol–water partition coefficient (Wildman–Crippen LogP) is 1.66. The SMILES string of the molecule is CCO[C@@H]1[C@H](OC(C)=O)C[C@@]2(O)[C@H](C)[C@@H]3CC[C@@H](O3)[C@@]12C. The molecule has 2 bridgehead atoms. The van der Waals surface area contributed by atoms with Crippen LogP contribution < -0.4 is 0 Å². The minimum absolute atomic E-state index is 0.0183. The summed E-state index contributed by atoms with van der Waals surface area (Å²) < 4.78 is 17.6. The zero-order chi connectivity index (χ0) is 15.4. The number of ether oxygens (including phenoxy) is 3. The Morgan fingerprint density at radius 3 is 2.76 bits per heavy atom. The van der Waals surface area contributed by atoms with E-state index in [1.165, 1.54) is 6.92 Å². The van der Waals surface area contributed by atoms with E-state index in [0.717, 1.165) is 12.8 Å². The zero-order valence-corrected chi connectivity index (χ0v) is 13.3. The van der Waals surface area contributed by atoms with E-state index in [-0.39, 0.29) is 30.2 Å². The molecule has 2 aliphatic heterocycles. The molecule has 1 saturated carbocycles. The van der Waals surface area contributed by atoms with Crippen molar-refractivity contribution in [3.63, 3.8) is 0 Å². The monoisotopic (exact) mass is 298 g/mol. The van der Waals surface area contributed by atoms with E-state index in [2.05, 4.69) is 0 Å². The third-order valence-electron chi connectivity index (χ3n) is 6.07. The lowest BCUT2D eigenvalue weighted by atomic mass is 9.64. The molecule has 0 radical (unpaired) electrons. The quantitative estimate of drug-likeness (QED) is 0.803. The minimum Gasteiger partial charge on any atom is -0.460 e. The molecular formula is C16H26O5. The van der Waals surface area contributed by atoms with E-state index >= 15 is 0 Å². The Kier molecular flexibility index (Phi) is 3.58. The third-order valence-corrected chi connectivity index (χ3v) is 6.07. The van der Waals surface area contributed by atoms with Crippen LogP contribution in [0.2, 0.25) is 0 Å². The van der Waals surface area contributed by atoms with E-state index in [4.69, 9.17) is 14.2 Å². The molecule has 7 atom stereocenters. The summed E-state index contributed by atoms with van der Waals surface area (Å²) in [6, 6.07) is 0. The van der Waals surface area contributed by atoms with Crippen molar-refractivity contribution in [2.75, 3.05) is 6.61 Å². The molecular weight excluding hydrogens is 272 g/mol. The van der Waals surface area contributed by atoms with E-state index < -0.39 is 17.1 Å². The summed E-state index contributed by atoms with van der Waals surface area (Å²) in [6.45, 7) is 7.95. The van der Waals surface area contributed by atoms with Crippen LogP contribution in [0.15, 0.2) is 0 Å². The first-order chi connectivity index (χ1) is 9.84. The predicted molar refractivity (Wildman–Crippen MR) is 75.7 cm³/mol. The average molecular weight is 298 g/mol. The van der Waals surface area contributed by atoms with Crippen molar-refractivity contribution in [2.45, 2.75) is 77.0 Å². The van der Waals surface area contributed by atoms with Crippen LogP contribution >= 0.6 is 0 Å². The van der Waals surface area contributed by atoms with Gasteiger partial charge in [-0.2, -0.15) is 0 Å². The maximum Gasteiger partial charge on any atom is 0.302 e. The fourth-order valence-corrected chi connectivity index (χ4v) is 4.96. The number of esters is 1. The van der Waals surface area contributed by atoms with Crippen molar-refractivity contribution < 1.29 is 24.1 Å². The third kappa shape index (κ3) is 1.90. The molecule has 1 aliphatic carbocycles. The van der Waals surface area contributed by atoms with Crippen molar-refractivity contribution in [1.82, 2.24) is 0 Å². The highest BCUT2D eigenvalue weighted by molar-refractivity contribution is 5.66. The molecule has 5 nitrogen and oxygen atoms in total. The van der Waals surface area contributed by atoms with Gasteiger partial charge < -0.3 is 19.3 Å². The van der Waals surface area contributed by atoms with E-state index in [0.29, 0.717) is 13.0 Å². The largest absolute Gasteiger partial charge is 0.460 e. The molecule has 0 aromatic heterocycles. The molecule has 0 aromatic rings. The Morgan fingerprint density at radius 2 is 2.14 bits per heavy atom. The lowest BCUT2D eigenvalue weighted by molar-refractivity contribution is -0.249. The van der Waals surface area contributed by atoms with Crippen LogP contribution in [0.1, 0.15) is 47.0 Å². The molecule has 0 unspecified atom stereocenters. The van der Waals surface area contributed by atoms with Crippen LogP contribution in [0, 0.1) is 11.3 Å². The van der Waals surface area contributed by atoms with E-state index in [1.54, 1.807) is 0 Å². The summed E-state index contributed by atoms with van der Waals surface area (Å²) in [5.41, 5.74) is -1.44. The van der Waals surface area contributed by atoms with Crippen molar-refractivity contribution in [1.29, 1.82) is 0 Å². The van der Waals surface area contributed by atoms with Crippen LogP contribution in [-0.4, -0.2) is 47.7 Å². The van der Waals surface area contributed by atoms with Gasteiger partial charge in [0.05, 0.1) is 23.2 Å². The summed E-state index contributed by atoms with van der Waals surface area (Å²) in [6.07, 6.45) is 1.72. The first-order valence-corrected chi connectivity index (χ1v) is 8.01. The first-order valence-electron chi connectivity index (χ1n) is 8.01. The molecule has 2 heterocycles. The molecule has 1 N–H and O–H groups in total. The smallest absolute Gasteiger partial charge is 0.302 e. The molecule has 3 fully saturated rings. The van der Waals surface area contributed by atoms with Gasteiger partial charge >= 0.3 is 5.97 Å². The highest BCUT2D eigenvalue weighted by Crippen LogP contribution is 2.62. The van der Waals surface area contributed by atoms with Crippen LogP contribution in [0.3, 0.4) is 0 Å². The van der Waals surface area contributed by atoms with Gasteiger partial charge in [0.15, 0.2) is 0 Å². The van der Waals surface area contributed by atoms with Gasteiger partial charge in [-0.05, 0) is 19.8 Å². The minimum atomic E-state index is -0.906. The lowest BCUT2D eigenvalue weighted by Gasteiger charge is -2.53. The number of carbonyl (C=O) groups is 1. The second kappa shape index (κ2) is 4.93. The standard InChI is InChI=1S/C16H26O5/c1-5-19-14-12(20-10(3)17)8-16(18)9(2)11-6-7-13(21-11)15(14,16)4/h9,11-14,18H,5-8H2,1-4H3/t9-,11+,12-,13-,14-,15+,16-/m1/s1. The topological polar surface area (TPSA) is 65.0 Å². The molecule has 21 heavy (non-hydrogen) atoms. The molecule has 120 valence electrons. The summed E-state index contributed by atoms with van der Waals surface area (Å²) in [7, 11) is 0. The summed E-state index contributed by atoms with van der Waals surface area (Å²) in [4.78, 5) is 11.4. The zero-order valence-electron chi connectivity index (χ0n) is 13.3. The van der Waals surface area contributed by atoms with Gasteiger partial charge in [0, 0.05) is 25.9 Å². The van der Waals surface area contributed by atoms with Gasteiger partial charge in [0.1, 0.15) is 12.2 Å². The summed E-state index contributed by atoms with van der Waals surface area (Å²) >= 11 is 0. The normalized spacial score (nSPS) is 51.8. The number of rotatable bonds is 3.